The van der Waals surface area contributed by atoms with Crippen molar-refractivity contribution in [2.24, 2.45) is 0 Å². The SMILES string of the molecule is CCN1CCC[C@H]1CNC(=O)c1ccc(-c2cc(C(=O)O)ccn2)cc1. The van der Waals surface area contributed by atoms with Crippen LogP contribution in [0.4, 0.5) is 0 Å². The van der Waals surface area contributed by atoms with Gasteiger partial charge in [0.05, 0.1) is 11.3 Å². The number of carbonyl (C=O) groups is 2. The molecule has 136 valence electrons. The second-order valence-corrected chi connectivity index (χ2v) is 6.45. The fourth-order valence-corrected chi connectivity index (χ4v) is 3.37. The Morgan fingerprint density at radius 2 is 2.00 bits per heavy atom. The van der Waals surface area contributed by atoms with Crippen LogP contribution in [0.3, 0.4) is 0 Å². The fraction of sp³-hybridized carbons (Fsp3) is 0.350. The number of likely N-dealkylation sites (tertiary alicyclic amines) is 1. The zero-order valence-electron chi connectivity index (χ0n) is 14.8. The van der Waals surface area contributed by atoms with Crippen LogP contribution in [0.1, 0.15) is 40.5 Å². The van der Waals surface area contributed by atoms with E-state index in [9.17, 15) is 9.59 Å². The first-order chi connectivity index (χ1) is 12.6. The van der Waals surface area contributed by atoms with Crippen LogP contribution in [-0.2, 0) is 0 Å². The Labute approximate surface area is 152 Å². The van der Waals surface area contributed by atoms with Gasteiger partial charge >= 0.3 is 5.97 Å². The van der Waals surface area contributed by atoms with E-state index >= 15 is 0 Å². The molecule has 2 aromatic rings. The third-order valence-electron chi connectivity index (χ3n) is 4.85. The molecule has 1 amide bonds. The quantitative estimate of drug-likeness (QED) is 0.834. The van der Waals surface area contributed by atoms with Crippen molar-refractivity contribution in [1.29, 1.82) is 0 Å². The average molecular weight is 353 g/mol. The van der Waals surface area contributed by atoms with Crippen molar-refractivity contribution in [3.63, 3.8) is 0 Å². The standard InChI is InChI=1S/C20H23N3O3/c1-2-23-11-3-4-17(23)13-22-19(24)15-7-5-14(6-8-15)18-12-16(20(25)26)9-10-21-18/h5-10,12,17H,2-4,11,13H2,1H3,(H,22,24)(H,25,26)/t17-/m0/s1. The largest absolute Gasteiger partial charge is 0.478 e. The highest BCUT2D eigenvalue weighted by Gasteiger charge is 2.23. The summed E-state index contributed by atoms with van der Waals surface area (Å²) in [6, 6.07) is 10.5. The summed E-state index contributed by atoms with van der Waals surface area (Å²) in [5, 5.41) is 12.1. The van der Waals surface area contributed by atoms with Gasteiger partial charge in [0, 0.05) is 29.9 Å². The Kier molecular flexibility index (Phi) is 5.63. The zero-order chi connectivity index (χ0) is 18.5. The van der Waals surface area contributed by atoms with Gasteiger partial charge in [0.2, 0.25) is 0 Å². The molecule has 1 atom stereocenters. The number of aromatic nitrogens is 1. The molecule has 0 radical (unpaired) electrons. The summed E-state index contributed by atoms with van der Waals surface area (Å²) in [5.74, 6) is -1.08. The third kappa shape index (κ3) is 4.08. The van der Waals surface area contributed by atoms with E-state index in [1.165, 1.54) is 24.8 Å². The first kappa shape index (κ1) is 18.1. The van der Waals surface area contributed by atoms with Crippen molar-refractivity contribution < 1.29 is 14.7 Å². The number of carboxylic acid groups (broad SMARTS) is 1. The van der Waals surface area contributed by atoms with Crippen LogP contribution < -0.4 is 5.32 Å². The summed E-state index contributed by atoms with van der Waals surface area (Å²) in [4.78, 5) is 30.0. The molecule has 1 saturated heterocycles. The lowest BCUT2D eigenvalue weighted by Gasteiger charge is -2.22. The molecule has 0 spiro atoms. The van der Waals surface area contributed by atoms with Crippen molar-refractivity contribution in [3.05, 3.63) is 53.7 Å². The number of aromatic carboxylic acids is 1. The minimum Gasteiger partial charge on any atom is -0.478 e. The molecular weight excluding hydrogens is 330 g/mol. The number of carboxylic acids is 1. The van der Waals surface area contributed by atoms with Crippen molar-refractivity contribution in [2.75, 3.05) is 19.6 Å². The van der Waals surface area contributed by atoms with Gasteiger partial charge in [0.15, 0.2) is 0 Å². The van der Waals surface area contributed by atoms with E-state index in [0.29, 0.717) is 23.8 Å². The first-order valence-electron chi connectivity index (χ1n) is 8.90. The van der Waals surface area contributed by atoms with Gasteiger partial charge < -0.3 is 10.4 Å². The zero-order valence-corrected chi connectivity index (χ0v) is 14.8. The second-order valence-electron chi connectivity index (χ2n) is 6.45. The second kappa shape index (κ2) is 8.10. The number of likely N-dealkylation sites (N-methyl/N-ethyl adjacent to an activating group) is 1. The predicted molar refractivity (Wildman–Crippen MR) is 99.2 cm³/mol. The lowest BCUT2D eigenvalue weighted by molar-refractivity contribution is 0.0696. The molecule has 3 rings (SSSR count). The number of benzene rings is 1. The summed E-state index contributed by atoms with van der Waals surface area (Å²) >= 11 is 0. The van der Waals surface area contributed by atoms with Crippen LogP contribution in [0.2, 0.25) is 0 Å². The van der Waals surface area contributed by atoms with E-state index in [1.807, 2.05) is 0 Å². The maximum Gasteiger partial charge on any atom is 0.335 e. The highest BCUT2D eigenvalue weighted by molar-refractivity contribution is 5.94. The van der Waals surface area contributed by atoms with Crippen molar-refractivity contribution in [2.45, 2.75) is 25.8 Å². The number of rotatable bonds is 6. The van der Waals surface area contributed by atoms with E-state index in [-0.39, 0.29) is 11.5 Å². The van der Waals surface area contributed by atoms with Crippen molar-refractivity contribution in [1.82, 2.24) is 15.2 Å². The molecule has 1 aromatic carbocycles. The summed E-state index contributed by atoms with van der Waals surface area (Å²) in [7, 11) is 0. The van der Waals surface area contributed by atoms with Crippen LogP contribution in [0, 0.1) is 0 Å². The van der Waals surface area contributed by atoms with Crippen LogP contribution in [0.25, 0.3) is 11.3 Å². The van der Waals surface area contributed by atoms with Gasteiger partial charge in [-0.15, -0.1) is 0 Å². The molecule has 1 aliphatic rings. The van der Waals surface area contributed by atoms with E-state index in [0.717, 1.165) is 25.1 Å². The number of hydrogen-bond donors (Lipinski definition) is 2. The van der Waals surface area contributed by atoms with Crippen LogP contribution in [-0.4, -0.2) is 52.5 Å². The smallest absolute Gasteiger partial charge is 0.335 e. The lowest BCUT2D eigenvalue weighted by Crippen LogP contribution is -2.40. The summed E-state index contributed by atoms with van der Waals surface area (Å²) in [6.45, 7) is 4.93. The molecule has 1 aliphatic heterocycles. The number of amides is 1. The van der Waals surface area contributed by atoms with Gasteiger partial charge in [-0.3, -0.25) is 14.7 Å². The Balaban J connectivity index is 1.64. The molecule has 6 nitrogen and oxygen atoms in total. The Hall–Kier alpha value is -2.73. The highest BCUT2D eigenvalue weighted by atomic mass is 16.4. The van der Waals surface area contributed by atoms with Crippen molar-refractivity contribution in [3.8, 4) is 11.3 Å². The molecule has 0 aliphatic carbocycles. The summed E-state index contributed by atoms with van der Waals surface area (Å²) < 4.78 is 0. The average Bonchev–Trinajstić information content (AvgIpc) is 3.14. The maximum atomic E-state index is 12.4. The predicted octanol–water partition coefficient (Wildman–Crippen LogP) is 2.66. The number of hydrogen-bond acceptors (Lipinski definition) is 4. The molecule has 26 heavy (non-hydrogen) atoms. The molecule has 2 N–H and O–H groups in total. The van der Waals surface area contributed by atoms with Gasteiger partial charge in [-0.2, -0.15) is 0 Å². The molecule has 1 fully saturated rings. The molecule has 0 bridgehead atoms. The van der Waals surface area contributed by atoms with Crippen LogP contribution in [0.15, 0.2) is 42.6 Å². The van der Waals surface area contributed by atoms with Gasteiger partial charge in [-0.25, -0.2) is 4.79 Å². The summed E-state index contributed by atoms with van der Waals surface area (Å²) in [6.07, 6.45) is 3.78. The van der Waals surface area contributed by atoms with E-state index in [1.54, 1.807) is 24.3 Å². The molecule has 0 saturated carbocycles. The van der Waals surface area contributed by atoms with E-state index < -0.39 is 5.97 Å². The van der Waals surface area contributed by atoms with Gasteiger partial charge in [-0.1, -0.05) is 19.1 Å². The number of nitrogens with one attached hydrogen (secondary N) is 1. The number of carbonyl (C=O) groups excluding carboxylic acids is 1. The lowest BCUT2D eigenvalue weighted by atomic mass is 10.1. The van der Waals surface area contributed by atoms with Crippen LogP contribution in [0.5, 0.6) is 0 Å². The van der Waals surface area contributed by atoms with E-state index in [2.05, 4.69) is 22.1 Å². The number of pyridine rings is 1. The number of nitrogens with zero attached hydrogens (tertiary/aromatic N) is 2. The fourth-order valence-electron chi connectivity index (χ4n) is 3.37. The Morgan fingerprint density at radius 1 is 1.23 bits per heavy atom. The summed E-state index contributed by atoms with van der Waals surface area (Å²) in [5.41, 5.74) is 2.12. The van der Waals surface area contributed by atoms with E-state index in [4.69, 9.17) is 5.11 Å². The topological polar surface area (TPSA) is 82.5 Å². The minimum atomic E-state index is -0.988. The van der Waals surface area contributed by atoms with Crippen molar-refractivity contribution >= 4 is 11.9 Å². The first-order valence-corrected chi connectivity index (χ1v) is 8.90. The third-order valence-corrected chi connectivity index (χ3v) is 4.85. The monoisotopic (exact) mass is 353 g/mol. The van der Waals surface area contributed by atoms with Gasteiger partial charge in [-0.05, 0) is 50.2 Å². The highest BCUT2D eigenvalue weighted by Crippen LogP contribution is 2.19. The molecule has 1 aromatic heterocycles. The Bertz CT molecular complexity index is 789. The molecular formula is C20H23N3O3. The normalized spacial score (nSPS) is 17.2. The minimum absolute atomic E-state index is 0.0910. The molecule has 6 heteroatoms. The molecule has 2 heterocycles. The Morgan fingerprint density at radius 3 is 2.69 bits per heavy atom. The van der Waals surface area contributed by atoms with Crippen LogP contribution >= 0.6 is 0 Å². The maximum absolute atomic E-state index is 12.4. The van der Waals surface area contributed by atoms with Gasteiger partial charge in [0.1, 0.15) is 0 Å². The molecule has 0 unspecified atom stereocenters. The van der Waals surface area contributed by atoms with Gasteiger partial charge in [0.25, 0.3) is 5.91 Å².